The zero-order valence-corrected chi connectivity index (χ0v) is 14.1. The van der Waals surface area contributed by atoms with E-state index in [0.717, 1.165) is 25.7 Å². The van der Waals surface area contributed by atoms with E-state index in [9.17, 15) is 14.0 Å². The van der Waals surface area contributed by atoms with Gasteiger partial charge >= 0.3 is 5.97 Å². The highest BCUT2D eigenvalue weighted by molar-refractivity contribution is 5.84. The molecule has 1 aliphatic rings. The number of nitrogens with one attached hydrogen (secondary N) is 1. The molecule has 132 valence electrons. The van der Waals surface area contributed by atoms with E-state index in [-0.39, 0.29) is 24.1 Å². The van der Waals surface area contributed by atoms with Gasteiger partial charge in [-0.25, -0.2) is 4.39 Å². The minimum absolute atomic E-state index is 0.0953. The molecule has 0 aliphatic heterocycles. The van der Waals surface area contributed by atoms with Crippen LogP contribution in [0.3, 0.4) is 0 Å². The summed E-state index contributed by atoms with van der Waals surface area (Å²) in [6, 6.07) is 4.45. The smallest absolute Gasteiger partial charge is 0.311 e. The Balaban J connectivity index is 1.82. The lowest BCUT2D eigenvalue weighted by molar-refractivity contribution is -0.154. The predicted octanol–water partition coefficient (Wildman–Crippen LogP) is 2.76. The summed E-state index contributed by atoms with van der Waals surface area (Å²) in [5.74, 6) is -1.26. The number of hydrogen-bond acceptors (Lipinski definition) is 4. The number of ether oxygens (including phenoxy) is 2. The average molecular weight is 337 g/mol. The van der Waals surface area contributed by atoms with Gasteiger partial charge < -0.3 is 14.8 Å². The molecule has 0 saturated heterocycles. The van der Waals surface area contributed by atoms with E-state index in [4.69, 9.17) is 9.47 Å². The van der Waals surface area contributed by atoms with Crippen LogP contribution in [0.5, 0.6) is 5.75 Å². The number of halogens is 1. The van der Waals surface area contributed by atoms with Crippen LogP contribution in [0.25, 0.3) is 0 Å². The Morgan fingerprint density at radius 1 is 1.29 bits per heavy atom. The van der Waals surface area contributed by atoms with Gasteiger partial charge in [-0.3, -0.25) is 9.59 Å². The van der Waals surface area contributed by atoms with Gasteiger partial charge in [0.2, 0.25) is 0 Å². The van der Waals surface area contributed by atoms with Crippen molar-refractivity contribution < 1.29 is 23.5 Å². The first-order chi connectivity index (χ1) is 11.5. The fourth-order valence-electron chi connectivity index (χ4n) is 2.84. The lowest BCUT2D eigenvalue weighted by atomic mass is 9.95. The van der Waals surface area contributed by atoms with Crippen LogP contribution in [-0.2, 0) is 20.7 Å². The van der Waals surface area contributed by atoms with Crippen LogP contribution in [0, 0.1) is 5.82 Å². The van der Waals surface area contributed by atoms with Gasteiger partial charge in [0.1, 0.15) is 0 Å². The number of amides is 1. The third-order valence-electron chi connectivity index (χ3n) is 4.19. The largest absolute Gasteiger partial charge is 0.494 e. The Labute approximate surface area is 141 Å². The molecule has 1 saturated carbocycles. The zero-order chi connectivity index (χ0) is 17.5. The molecular weight excluding hydrogens is 313 g/mol. The van der Waals surface area contributed by atoms with Crippen LogP contribution < -0.4 is 10.1 Å². The fourth-order valence-corrected chi connectivity index (χ4v) is 2.84. The van der Waals surface area contributed by atoms with Gasteiger partial charge in [-0.2, -0.15) is 0 Å². The van der Waals surface area contributed by atoms with Crippen LogP contribution in [0.2, 0.25) is 0 Å². The Morgan fingerprint density at radius 2 is 2.00 bits per heavy atom. The highest BCUT2D eigenvalue weighted by atomic mass is 19.1. The summed E-state index contributed by atoms with van der Waals surface area (Å²) in [6.45, 7) is 1.55. The van der Waals surface area contributed by atoms with Crippen LogP contribution >= 0.6 is 0 Å². The molecule has 24 heavy (non-hydrogen) atoms. The van der Waals surface area contributed by atoms with E-state index in [0.29, 0.717) is 5.56 Å². The van der Waals surface area contributed by atoms with Crippen LogP contribution in [-0.4, -0.2) is 31.1 Å². The number of carbonyl (C=O) groups is 2. The van der Waals surface area contributed by atoms with E-state index < -0.39 is 17.9 Å². The minimum Gasteiger partial charge on any atom is -0.494 e. The Bertz CT molecular complexity index is 584. The van der Waals surface area contributed by atoms with Gasteiger partial charge in [-0.05, 0) is 37.5 Å². The van der Waals surface area contributed by atoms with E-state index in [1.165, 1.54) is 25.7 Å². The monoisotopic (exact) mass is 337 g/mol. The Kier molecular flexibility index (Phi) is 6.58. The van der Waals surface area contributed by atoms with Crippen LogP contribution in [0.4, 0.5) is 4.39 Å². The highest BCUT2D eigenvalue weighted by Crippen LogP contribution is 2.19. The number of esters is 1. The molecule has 2 rings (SSSR count). The van der Waals surface area contributed by atoms with Crippen molar-refractivity contribution in [2.24, 2.45) is 0 Å². The maximum absolute atomic E-state index is 13.6. The van der Waals surface area contributed by atoms with Crippen molar-refractivity contribution in [2.45, 2.75) is 57.6 Å². The summed E-state index contributed by atoms with van der Waals surface area (Å²) in [7, 11) is 1.37. The molecule has 0 aromatic heterocycles. The van der Waals surface area contributed by atoms with Crippen LogP contribution in [0.15, 0.2) is 18.2 Å². The number of carbonyl (C=O) groups excluding carboxylic acids is 2. The van der Waals surface area contributed by atoms with Gasteiger partial charge in [0, 0.05) is 6.04 Å². The van der Waals surface area contributed by atoms with Crippen LogP contribution in [0.1, 0.15) is 44.6 Å². The lowest BCUT2D eigenvalue weighted by Crippen LogP contribution is -2.42. The number of hydrogen-bond donors (Lipinski definition) is 1. The second-order valence-electron chi connectivity index (χ2n) is 6.12. The van der Waals surface area contributed by atoms with Gasteiger partial charge in [0.25, 0.3) is 5.91 Å². The van der Waals surface area contributed by atoms with Crippen molar-refractivity contribution >= 4 is 11.9 Å². The van der Waals surface area contributed by atoms with E-state index in [1.807, 2.05) is 0 Å². The lowest BCUT2D eigenvalue weighted by Gasteiger charge is -2.24. The summed E-state index contributed by atoms with van der Waals surface area (Å²) in [5, 5.41) is 2.92. The van der Waals surface area contributed by atoms with Crippen molar-refractivity contribution in [1.29, 1.82) is 0 Å². The van der Waals surface area contributed by atoms with E-state index >= 15 is 0 Å². The van der Waals surface area contributed by atoms with Crippen molar-refractivity contribution in [3.8, 4) is 5.75 Å². The average Bonchev–Trinajstić information content (AvgIpc) is 2.55. The molecule has 0 heterocycles. The molecule has 0 spiro atoms. The fraction of sp³-hybridized carbons (Fsp3) is 0.556. The first-order valence-corrected chi connectivity index (χ1v) is 8.32. The molecule has 1 atom stereocenters. The van der Waals surface area contributed by atoms with Gasteiger partial charge in [0.05, 0.1) is 13.5 Å². The second kappa shape index (κ2) is 8.66. The molecule has 0 bridgehead atoms. The summed E-state index contributed by atoms with van der Waals surface area (Å²) >= 11 is 0. The third kappa shape index (κ3) is 5.22. The predicted molar refractivity (Wildman–Crippen MR) is 87.2 cm³/mol. The first-order valence-electron chi connectivity index (χ1n) is 8.32. The molecule has 0 unspecified atom stereocenters. The van der Waals surface area contributed by atoms with Gasteiger partial charge in [0.15, 0.2) is 17.7 Å². The summed E-state index contributed by atoms with van der Waals surface area (Å²) in [6.07, 6.45) is 4.42. The molecular formula is C18H24FNO4. The normalized spacial score (nSPS) is 16.3. The second-order valence-corrected chi connectivity index (χ2v) is 6.12. The quantitative estimate of drug-likeness (QED) is 0.811. The minimum atomic E-state index is -0.859. The molecule has 6 heteroatoms. The molecule has 5 nitrogen and oxygen atoms in total. The summed E-state index contributed by atoms with van der Waals surface area (Å²) in [5.41, 5.74) is 0.471. The van der Waals surface area contributed by atoms with E-state index in [1.54, 1.807) is 13.0 Å². The van der Waals surface area contributed by atoms with Gasteiger partial charge in [-0.15, -0.1) is 0 Å². The molecule has 1 amide bonds. The van der Waals surface area contributed by atoms with Gasteiger partial charge in [-0.1, -0.05) is 25.3 Å². The molecule has 1 aliphatic carbocycles. The van der Waals surface area contributed by atoms with Crippen molar-refractivity contribution in [1.82, 2.24) is 5.32 Å². The molecule has 1 fully saturated rings. The SMILES string of the molecule is COc1ccc(CC(=O)O[C@H](C)C(=O)NC2CCCCC2)cc1F. The third-order valence-corrected chi connectivity index (χ3v) is 4.19. The summed E-state index contributed by atoms with van der Waals surface area (Å²) < 4.78 is 23.6. The molecule has 1 aromatic carbocycles. The van der Waals surface area contributed by atoms with E-state index in [2.05, 4.69) is 5.32 Å². The Morgan fingerprint density at radius 3 is 2.62 bits per heavy atom. The number of methoxy groups -OCH3 is 1. The number of rotatable bonds is 6. The zero-order valence-electron chi connectivity index (χ0n) is 14.1. The van der Waals surface area contributed by atoms with Crippen molar-refractivity contribution in [3.63, 3.8) is 0 Å². The molecule has 0 radical (unpaired) electrons. The molecule has 1 N–H and O–H groups in total. The first kappa shape index (κ1) is 18.2. The maximum Gasteiger partial charge on any atom is 0.311 e. The highest BCUT2D eigenvalue weighted by Gasteiger charge is 2.22. The summed E-state index contributed by atoms with van der Waals surface area (Å²) in [4.78, 5) is 24.0. The standard InChI is InChI=1S/C18H24FNO4/c1-12(18(22)20-14-6-4-3-5-7-14)24-17(21)11-13-8-9-16(23-2)15(19)10-13/h8-10,12,14H,3-7,11H2,1-2H3,(H,20,22)/t12-/m1/s1. The topological polar surface area (TPSA) is 64.6 Å². The van der Waals surface area contributed by atoms with Crippen molar-refractivity contribution in [2.75, 3.05) is 7.11 Å². The van der Waals surface area contributed by atoms with Crippen molar-refractivity contribution in [3.05, 3.63) is 29.6 Å². The Hall–Kier alpha value is -2.11. The molecule has 1 aromatic rings. The number of benzene rings is 1. The maximum atomic E-state index is 13.6.